The van der Waals surface area contributed by atoms with E-state index in [1.807, 2.05) is 35.4 Å². The molecule has 4 N–H and O–H groups in total. The van der Waals surface area contributed by atoms with Crippen LogP contribution in [-0.4, -0.2) is 106 Å². The first-order valence-electron chi connectivity index (χ1n) is 18.9. The number of benzene rings is 3. The zero-order valence-corrected chi connectivity index (χ0v) is 33.9. The zero-order valence-electron chi connectivity index (χ0n) is 33.1. The number of amides is 1. The number of aryl methyl sites for hydroxylation is 1. The number of hydrogen-bond acceptors (Lipinski definition) is 10. The van der Waals surface area contributed by atoms with Crippen LogP contribution < -0.4 is 5.56 Å². The van der Waals surface area contributed by atoms with Crippen molar-refractivity contribution in [2.24, 2.45) is 7.05 Å². The quantitative estimate of drug-likeness (QED) is 0.0686. The van der Waals surface area contributed by atoms with Gasteiger partial charge in [0.05, 0.1) is 11.8 Å². The predicted molar refractivity (Wildman–Crippen MR) is 216 cm³/mol. The molecule has 14 nitrogen and oxygen atoms in total. The molecule has 324 valence electrons. The van der Waals surface area contributed by atoms with E-state index in [2.05, 4.69) is 22.0 Å². The standard InChI is InChI=1S/C38H38F4N6O2S.C4H6O6/c1-45-17-15-34(16-18-45)48(22-26-3-7-29(8-4-26)30-9-11-32(12-10-30)38(40,41)42)35(49)24-47-23-31(19-28-20-43-46(2)21-28)36(50)44-37(47)51-25-27-5-13-33(39)14-6-27;5-1(3(7)8)2(6)4(9)10/h3-14,20-21,23,34H,15-19,22,24-25H2,1-2H3;1-2,5-6H,(H,7,8)(H,9,10). The second kappa shape index (κ2) is 20.6. The van der Waals surface area contributed by atoms with Crippen molar-refractivity contribution >= 4 is 29.6 Å². The van der Waals surface area contributed by atoms with Gasteiger partial charge in [0, 0.05) is 49.8 Å². The van der Waals surface area contributed by atoms with Crippen molar-refractivity contribution < 1.29 is 52.4 Å². The number of alkyl halides is 3. The molecule has 2 unspecified atom stereocenters. The number of carbonyl (C=O) groups excluding carboxylic acids is 1. The number of aliphatic hydroxyl groups is 2. The molecular weight excluding hydrogens is 825 g/mol. The van der Waals surface area contributed by atoms with Gasteiger partial charge >= 0.3 is 18.1 Å². The van der Waals surface area contributed by atoms with Crippen LogP contribution in [0.2, 0.25) is 0 Å². The fourth-order valence-electron chi connectivity index (χ4n) is 6.47. The Balaban J connectivity index is 0.000000626. The molecule has 19 heteroatoms. The molecule has 5 aromatic rings. The Hall–Kier alpha value is -5.89. The summed E-state index contributed by atoms with van der Waals surface area (Å²) >= 11 is 1.31. The van der Waals surface area contributed by atoms with Gasteiger partial charge in [-0.05, 0) is 85.1 Å². The molecule has 0 radical (unpaired) electrons. The first kappa shape index (κ1) is 46.2. The van der Waals surface area contributed by atoms with Crippen molar-refractivity contribution in [2.75, 3.05) is 20.1 Å². The Labute approximate surface area is 351 Å². The molecule has 1 saturated heterocycles. The monoisotopic (exact) mass is 868 g/mol. The highest BCUT2D eigenvalue weighted by Gasteiger charge is 2.31. The van der Waals surface area contributed by atoms with Crippen LogP contribution >= 0.6 is 11.8 Å². The first-order chi connectivity index (χ1) is 28.9. The number of nitrogens with zero attached hydrogens (tertiary/aromatic N) is 6. The molecule has 61 heavy (non-hydrogen) atoms. The maximum Gasteiger partial charge on any atom is 0.416 e. The number of hydrogen-bond donors (Lipinski definition) is 4. The van der Waals surface area contributed by atoms with Crippen LogP contribution in [-0.2, 0) is 52.9 Å². The van der Waals surface area contributed by atoms with Crippen LogP contribution in [0.15, 0.2) is 101 Å². The Bertz CT molecular complexity index is 2310. The van der Waals surface area contributed by atoms with E-state index in [9.17, 15) is 36.7 Å². The number of thioether (sulfide) groups is 1. The van der Waals surface area contributed by atoms with Crippen LogP contribution in [0.1, 0.15) is 40.7 Å². The Morgan fingerprint density at radius 3 is 1.92 bits per heavy atom. The first-order valence-corrected chi connectivity index (χ1v) is 19.9. The van der Waals surface area contributed by atoms with Gasteiger partial charge in [0.15, 0.2) is 17.4 Å². The molecule has 0 saturated carbocycles. The molecular formula is C42H44F4N6O8S. The fraction of sp³-hybridized carbons (Fsp3) is 0.333. The van der Waals surface area contributed by atoms with Crippen LogP contribution in [0.25, 0.3) is 11.1 Å². The lowest BCUT2D eigenvalue weighted by Gasteiger charge is -2.37. The predicted octanol–water partition coefficient (Wildman–Crippen LogP) is 4.69. The molecule has 3 heterocycles. The number of carboxylic acids is 2. The SMILES string of the molecule is CN1CCC(N(Cc2ccc(-c3ccc(C(F)(F)F)cc3)cc2)C(=O)Cn2cc(Cc3cnn(C)c3)c(=O)nc2SCc2ccc(F)cc2)CC1.O=C(O)C(O)C(O)C(=O)O. The summed E-state index contributed by atoms with van der Waals surface area (Å²) in [4.78, 5) is 55.7. The zero-order chi connectivity index (χ0) is 44.4. The van der Waals surface area contributed by atoms with Crippen LogP contribution in [0.3, 0.4) is 0 Å². The molecule has 2 atom stereocenters. The molecule has 0 aliphatic carbocycles. The van der Waals surface area contributed by atoms with Gasteiger partial charge in [-0.2, -0.15) is 23.3 Å². The average molecular weight is 869 g/mol. The molecule has 6 rings (SSSR count). The number of aliphatic hydroxyl groups excluding tert-OH is 2. The molecule has 1 fully saturated rings. The second-order valence-electron chi connectivity index (χ2n) is 14.5. The van der Waals surface area contributed by atoms with E-state index in [-0.39, 0.29) is 29.9 Å². The number of aliphatic carboxylic acids is 2. The van der Waals surface area contributed by atoms with E-state index in [1.165, 1.54) is 36.0 Å². The molecule has 3 aromatic carbocycles. The summed E-state index contributed by atoms with van der Waals surface area (Å²) in [5.41, 5.74) is 3.36. The lowest BCUT2D eigenvalue weighted by atomic mass is 10.0. The minimum absolute atomic E-state index is 0.0131. The smallest absolute Gasteiger partial charge is 0.416 e. The maximum absolute atomic E-state index is 14.4. The molecule has 2 aromatic heterocycles. The summed E-state index contributed by atoms with van der Waals surface area (Å²) in [7, 11) is 3.86. The minimum atomic E-state index is -4.40. The van der Waals surface area contributed by atoms with E-state index in [1.54, 1.807) is 40.8 Å². The van der Waals surface area contributed by atoms with Gasteiger partial charge < -0.3 is 34.8 Å². The fourth-order valence-corrected chi connectivity index (χ4v) is 7.39. The lowest BCUT2D eigenvalue weighted by Crippen LogP contribution is -2.47. The van der Waals surface area contributed by atoms with E-state index >= 15 is 0 Å². The largest absolute Gasteiger partial charge is 0.479 e. The minimum Gasteiger partial charge on any atom is -0.479 e. The van der Waals surface area contributed by atoms with Crippen LogP contribution in [0.4, 0.5) is 17.6 Å². The number of rotatable bonds is 14. The Morgan fingerprint density at radius 2 is 1.39 bits per heavy atom. The van der Waals surface area contributed by atoms with Gasteiger partial charge in [-0.1, -0.05) is 60.3 Å². The average Bonchev–Trinajstić information content (AvgIpc) is 3.64. The van der Waals surface area contributed by atoms with Gasteiger partial charge in [0.25, 0.3) is 5.56 Å². The van der Waals surface area contributed by atoms with Crippen molar-refractivity contribution in [3.8, 4) is 11.1 Å². The molecule has 0 bridgehead atoms. The Morgan fingerprint density at radius 1 is 0.836 bits per heavy atom. The summed E-state index contributed by atoms with van der Waals surface area (Å²) in [5, 5.41) is 37.1. The van der Waals surface area contributed by atoms with Crippen molar-refractivity contribution in [3.05, 3.63) is 135 Å². The third-order valence-electron chi connectivity index (χ3n) is 9.88. The summed E-state index contributed by atoms with van der Waals surface area (Å²) in [6.07, 6.45) is -1.80. The van der Waals surface area contributed by atoms with Gasteiger partial charge in [0.2, 0.25) is 5.91 Å². The van der Waals surface area contributed by atoms with Gasteiger partial charge in [-0.25, -0.2) is 14.0 Å². The van der Waals surface area contributed by atoms with Gasteiger partial charge in [0.1, 0.15) is 12.4 Å². The van der Waals surface area contributed by atoms with E-state index in [0.717, 1.165) is 60.3 Å². The summed E-state index contributed by atoms with van der Waals surface area (Å²) < 4.78 is 56.2. The topological polar surface area (TPSA) is 191 Å². The molecule has 0 spiro atoms. The number of halogens is 4. The molecule has 1 aliphatic heterocycles. The molecule has 1 aliphatic rings. The third kappa shape index (κ3) is 13.0. The summed E-state index contributed by atoms with van der Waals surface area (Å²) in [6.45, 7) is 1.98. The van der Waals surface area contributed by atoms with Crippen LogP contribution in [0, 0.1) is 5.82 Å². The molecule has 1 amide bonds. The maximum atomic E-state index is 14.4. The van der Waals surface area contributed by atoms with E-state index in [0.29, 0.717) is 35.0 Å². The highest BCUT2D eigenvalue weighted by Crippen LogP contribution is 2.31. The number of aromatic nitrogens is 4. The third-order valence-corrected chi connectivity index (χ3v) is 10.9. The lowest BCUT2D eigenvalue weighted by molar-refractivity contribution is -0.165. The summed E-state index contributed by atoms with van der Waals surface area (Å²) in [6, 6.07) is 18.7. The second-order valence-corrected chi connectivity index (χ2v) is 15.4. The summed E-state index contributed by atoms with van der Waals surface area (Å²) in [5.74, 6) is -3.58. The number of piperidine rings is 1. The highest BCUT2D eigenvalue weighted by atomic mass is 32.2. The Kier molecular flexibility index (Phi) is 15.6. The van der Waals surface area contributed by atoms with Crippen molar-refractivity contribution in [2.45, 2.75) is 67.7 Å². The number of carboxylic acid groups (broad SMARTS) is 2. The van der Waals surface area contributed by atoms with Crippen molar-refractivity contribution in [3.63, 3.8) is 0 Å². The van der Waals surface area contributed by atoms with E-state index in [4.69, 9.17) is 20.4 Å². The van der Waals surface area contributed by atoms with E-state index < -0.39 is 35.9 Å². The number of likely N-dealkylation sites (tertiary alicyclic amines) is 1. The normalized spacial score (nSPS) is 14.4. The van der Waals surface area contributed by atoms with Gasteiger partial charge in [-0.3, -0.25) is 14.3 Å². The number of carbonyl (C=O) groups is 3. The van der Waals surface area contributed by atoms with Crippen molar-refractivity contribution in [1.82, 2.24) is 29.1 Å². The highest BCUT2D eigenvalue weighted by molar-refractivity contribution is 7.98. The van der Waals surface area contributed by atoms with Crippen LogP contribution in [0.5, 0.6) is 0 Å². The van der Waals surface area contributed by atoms with Gasteiger partial charge in [-0.15, -0.1) is 0 Å². The van der Waals surface area contributed by atoms with Crippen molar-refractivity contribution in [1.29, 1.82) is 0 Å².